The molecule has 0 radical (unpaired) electrons. The Morgan fingerprint density at radius 1 is 1.09 bits per heavy atom. The number of amides is 2. The van der Waals surface area contributed by atoms with Crippen molar-refractivity contribution in [3.8, 4) is 0 Å². The van der Waals surface area contributed by atoms with Crippen LogP contribution in [0.15, 0.2) is 60.0 Å². The van der Waals surface area contributed by atoms with Crippen molar-refractivity contribution in [3.05, 3.63) is 71.0 Å². The van der Waals surface area contributed by atoms with E-state index in [9.17, 15) is 13.8 Å². The Morgan fingerprint density at radius 2 is 1.81 bits per heavy atom. The van der Waals surface area contributed by atoms with Crippen LogP contribution in [0.1, 0.15) is 36.4 Å². The number of carbonyl (C=O) groups excluding carboxylic acids is 2. The number of halogens is 1. The van der Waals surface area contributed by atoms with Crippen molar-refractivity contribution in [1.29, 1.82) is 0 Å². The molecule has 1 aromatic heterocycles. The second kappa shape index (κ2) is 9.54. The molecule has 2 unspecified atom stereocenters. The van der Waals surface area contributed by atoms with E-state index in [1.807, 2.05) is 30.3 Å². The van der Waals surface area contributed by atoms with Gasteiger partial charge in [0.2, 0.25) is 11.8 Å². The van der Waals surface area contributed by atoms with Gasteiger partial charge in [-0.25, -0.2) is 9.22 Å². The zero-order valence-electron chi connectivity index (χ0n) is 17.2. The predicted molar refractivity (Wildman–Crippen MR) is 123 cm³/mol. The zero-order valence-corrected chi connectivity index (χ0v) is 18.8. The molecule has 2 amide bonds. The van der Waals surface area contributed by atoms with Gasteiger partial charge in [-0.2, -0.15) is 5.10 Å². The first-order chi connectivity index (χ1) is 15.4. The van der Waals surface area contributed by atoms with E-state index >= 15 is 0 Å². The molecule has 10 heteroatoms. The van der Waals surface area contributed by atoms with Crippen LogP contribution in [-0.2, 0) is 20.6 Å². The summed E-state index contributed by atoms with van der Waals surface area (Å²) < 4.78 is 13.5. The van der Waals surface area contributed by atoms with Gasteiger partial charge in [-0.1, -0.05) is 29.8 Å². The number of carbonyl (C=O) groups is 2. The van der Waals surface area contributed by atoms with Crippen LogP contribution in [0.4, 0.5) is 0 Å². The fraction of sp³-hybridized carbons (Fsp3) is 0.227. The third-order valence-corrected chi connectivity index (χ3v) is 5.81. The number of aromatic nitrogens is 2. The fourth-order valence-electron chi connectivity index (χ4n) is 3.55. The Morgan fingerprint density at radius 3 is 2.53 bits per heavy atom. The van der Waals surface area contributed by atoms with Crippen LogP contribution in [0.3, 0.4) is 0 Å². The normalized spacial score (nSPS) is 16.6. The van der Waals surface area contributed by atoms with Crippen LogP contribution >= 0.6 is 11.6 Å². The van der Waals surface area contributed by atoms with E-state index in [0.29, 0.717) is 11.4 Å². The minimum absolute atomic E-state index is 0.0513. The molecule has 164 valence electrons. The molecular weight excluding hydrogens is 450 g/mol. The monoisotopic (exact) mass is 469 g/mol. The zero-order chi connectivity index (χ0) is 22.7. The molecule has 1 aliphatic rings. The van der Waals surface area contributed by atoms with Gasteiger partial charge in [0.05, 0.1) is 22.8 Å². The summed E-state index contributed by atoms with van der Waals surface area (Å²) in [6.45, 7) is 0. The number of fused-ring (bicyclic) bond motifs is 1. The molecule has 4 rings (SSSR count). The topological polar surface area (TPSA) is 105 Å². The van der Waals surface area contributed by atoms with Gasteiger partial charge >= 0.3 is 0 Å². The largest absolute Gasteiger partial charge is 0.275 e. The van der Waals surface area contributed by atoms with Crippen LogP contribution in [0.2, 0.25) is 5.02 Å². The molecule has 2 heterocycles. The van der Waals surface area contributed by atoms with Gasteiger partial charge in [-0.15, -0.1) is 0 Å². The number of hydrazone groups is 1. The molecule has 0 saturated carbocycles. The minimum atomic E-state index is -1.47. The van der Waals surface area contributed by atoms with Gasteiger partial charge in [0, 0.05) is 42.9 Å². The third-order valence-electron chi connectivity index (χ3n) is 5.04. The summed E-state index contributed by atoms with van der Waals surface area (Å²) in [4.78, 5) is 33.5. The number of hydrogen-bond donors (Lipinski definition) is 1. The molecule has 0 fully saturated rings. The van der Waals surface area contributed by atoms with E-state index in [1.54, 1.807) is 24.5 Å². The molecule has 2 atom stereocenters. The van der Waals surface area contributed by atoms with Gasteiger partial charge in [0.25, 0.3) is 0 Å². The van der Waals surface area contributed by atoms with Crippen LogP contribution in [0.25, 0.3) is 11.0 Å². The summed E-state index contributed by atoms with van der Waals surface area (Å²) >= 11 is 6.01. The van der Waals surface area contributed by atoms with E-state index in [2.05, 4.69) is 19.8 Å². The van der Waals surface area contributed by atoms with Crippen molar-refractivity contribution in [2.75, 3.05) is 6.26 Å². The Balaban J connectivity index is 1.62. The molecule has 0 bridgehead atoms. The Hall–Kier alpha value is -3.17. The third kappa shape index (κ3) is 5.00. The maximum absolute atomic E-state index is 13.0. The summed E-state index contributed by atoms with van der Waals surface area (Å²) in [7, 11) is -1.47. The molecule has 8 nitrogen and oxygen atoms in total. The fourth-order valence-corrected chi connectivity index (χ4v) is 4.10. The maximum atomic E-state index is 13.0. The second-order valence-electron chi connectivity index (χ2n) is 7.30. The number of benzene rings is 2. The van der Waals surface area contributed by atoms with Crippen LogP contribution in [0, 0.1) is 0 Å². The summed E-state index contributed by atoms with van der Waals surface area (Å²) in [5, 5.41) is 6.64. The minimum Gasteiger partial charge on any atom is -0.275 e. The lowest BCUT2D eigenvalue weighted by molar-refractivity contribution is -0.134. The maximum Gasteiger partial charge on any atom is 0.243 e. The molecule has 1 aliphatic heterocycles. The molecule has 0 saturated heterocycles. The highest BCUT2D eigenvalue weighted by atomic mass is 35.5. The van der Waals surface area contributed by atoms with E-state index in [4.69, 9.17) is 11.6 Å². The van der Waals surface area contributed by atoms with E-state index < -0.39 is 16.9 Å². The van der Waals surface area contributed by atoms with Crippen LogP contribution < -0.4 is 4.72 Å². The number of nitrogens with zero attached hydrogens (tertiary/aromatic N) is 4. The molecule has 0 spiro atoms. The SMILES string of the molecule is CS(=O)NC(=O)CCC(=O)N1N=C(c2ccc(Cl)cc2)CC1c1ccc2nccnc2c1. The molecule has 0 aliphatic carbocycles. The lowest BCUT2D eigenvalue weighted by Gasteiger charge is -2.22. The first-order valence-electron chi connectivity index (χ1n) is 9.90. The van der Waals surface area contributed by atoms with Gasteiger partial charge in [-0.05, 0) is 35.4 Å². The average Bonchev–Trinajstić information content (AvgIpc) is 3.23. The molecule has 32 heavy (non-hydrogen) atoms. The summed E-state index contributed by atoms with van der Waals surface area (Å²) in [6, 6.07) is 12.6. The van der Waals surface area contributed by atoms with E-state index in [1.165, 1.54) is 11.3 Å². The highest BCUT2D eigenvalue weighted by Crippen LogP contribution is 2.34. The average molecular weight is 470 g/mol. The smallest absolute Gasteiger partial charge is 0.243 e. The van der Waals surface area contributed by atoms with Crippen molar-refractivity contribution >= 4 is 51.1 Å². The number of hydrogen-bond acceptors (Lipinski definition) is 6. The summed E-state index contributed by atoms with van der Waals surface area (Å²) in [5.74, 6) is -0.743. The van der Waals surface area contributed by atoms with Crippen LogP contribution in [-0.4, -0.2) is 43.0 Å². The highest BCUT2D eigenvalue weighted by molar-refractivity contribution is 7.82. The first-order valence-corrected chi connectivity index (χ1v) is 11.8. The Kier molecular flexibility index (Phi) is 6.57. The van der Waals surface area contributed by atoms with E-state index in [-0.39, 0.29) is 24.8 Å². The predicted octanol–water partition coefficient (Wildman–Crippen LogP) is 3.15. The first kappa shape index (κ1) is 22.0. The van der Waals surface area contributed by atoms with Crippen molar-refractivity contribution in [1.82, 2.24) is 19.7 Å². The van der Waals surface area contributed by atoms with Crippen LogP contribution in [0.5, 0.6) is 0 Å². The van der Waals surface area contributed by atoms with Gasteiger partial charge in [0.1, 0.15) is 11.0 Å². The number of rotatable bonds is 6. The van der Waals surface area contributed by atoms with Crippen molar-refractivity contribution in [3.63, 3.8) is 0 Å². The van der Waals surface area contributed by atoms with Gasteiger partial charge in [0.15, 0.2) is 0 Å². The molecule has 3 aromatic rings. The highest BCUT2D eigenvalue weighted by Gasteiger charge is 2.33. The van der Waals surface area contributed by atoms with Gasteiger partial charge in [-0.3, -0.25) is 24.3 Å². The summed E-state index contributed by atoms with van der Waals surface area (Å²) in [5.41, 5.74) is 3.98. The summed E-state index contributed by atoms with van der Waals surface area (Å²) in [6.07, 6.45) is 4.99. The quantitative estimate of drug-likeness (QED) is 0.597. The standard InChI is InChI=1S/C22H20ClN5O3S/c1-32(31)27-21(29)8-9-22(30)28-20(13-18(26-28)14-2-5-16(23)6-3-14)15-4-7-17-19(12-15)25-11-10-24-17/h2-7,10-12,20H,8-9,13H2,1H3,(H,27,29). The second-order valence-corrected chi connectivity index (χ2v) is 8.84. The number of nitrogens with one attached hydrogen (secondary N) is 1. The van der Waals surface area contributed by atoms with Gasteiger partial charge < -0.3 is 0 Å². The molecular formula is C22H20ClN5O3S. The van der Waals surface area contributed by atoms with Crippen molar-refractivity contribution in [2.24, 2.45) is 5.10 Å². The van der Waals surface area contributed by atoms with Crippen molar-refractivity contribution < 1.29 is 13.8 Å². The molecule has 2 aromatic carbocycles. The van der Waals surface area contributed by atoms with Crippen molar-refractivity contribution in [2.45, 2.75) is 25.3 Å². The lowest BCUT2D eigenvalue weighted by atomic mass is 9.98. The Bertz CT molecular complexity index is 1230. The Labute approximate surface area is 192 Å². The lowest BCUT2D eigenvalue weighted by Crippen LogP contribution is -2.30. The van der Waals surface area contributed by atoms with E-state index in [0.717, 1.165) is 27.9 Å². The molecule has 1 N–H and O–H groups in total.